The largest absolute Gasteiger partial charge is 0.353 e. The van der Waals surface area contributed by atoms with Crippen molar-refractivity contribution in [3.05, 3.63) is 47.5 Å². The minimum Gasteiger partial charge on any atom is -0.353 e. The highest BCUT2D eigenvalue weighted by atomic mass is 16.2. The fourth-order valence-electron chi connectivity index (χ4n) is 3.45. The van der Waals surface area contributed by atoms with Crippen LogP contribution >= 0.6 is 0 Å². The number of carbonyl (C=O) groups is 2. The number of benzene rings is 1. The lowest BCUT2D eigenvalue weighted by Gasteiger charge is -2.21. The van der Waals surface area contributed by atoms with E-state index in [0.717, 1.165) is 24.8 Å². The molecule has 138 valence electrons. The van der Waals surface area contributed by atoms with Crippen LogP contribution in [0.5, 0.6) is 0 Å². The summed E-state index contributed by atoms with van der Waals surface area (Å²) < 4.78 is 1.74. The van der Waals surface area contributed by atoms with Gasteiger partial charge in [-0.25, -0.2) is 0 Å². The lowest BCUT2D eigenvalue weighted by atomic mass is 10.0. The van der Waals surface area contributed by atoms with Gasteiger partial charge < -0.3 is 15.2 Å². The molecule has 0 radical (unpaired) electrons. The molecule has 3 rings (SSSR count). The van der Waals surface area contributed by atoms with Crippen molar-refractivity contribution in [3.63, 3.8) is 0 Å². The summed E-state index contributed by atoms with van der Waals surface area (Å²) in [4.78, 5) is 24.6. The third kappa shape index (κ3) is 4.47. The van der Waals surface area contributed by atoms with Gasteiger partial charge in [-0.1, -0.05) is 24.1 Å². The minimum absolute atomic E-state index is 0.0528. The van der Waals surface area contributed by atoms with Crippen LogP contribution in [0, 0.1) is 12.8 Å². The van der Waals surface area contributed by atoms with Gasteiger partial charge in [-0.3, -0.25) is 9.59 Å². The number of nitrogens with one attached hydrogen (secondary N) is 2. The van der Waals surface area contributed by atoms with Gasteiger partial charge in [0.1, 0.15) is 12.2 Å². The van der Waals surface area contributed by atoms with E-state index in [2.05, 4.69) is 20.8 Å². The number of hydrogen-bond acceptors (Lipinski definition) is 4. The molecule has 0 saturated heterocycles. The van der Waals surface area contributed by atoms with Gasteiger partial charge in [-0.15, -0.1) is 10.2 Å². The van der Waals surface area contributed by atoms with Gasteiger partial charge in [0.05, 0.1) is 6.42 Å². The van der Waals surface area contributed by atoms with E-state index in [4.69, 9.17) is 0 Å². The molecule has 26 heavy (non-hydrogen) atoms. The SMILES string of the molecule is Cc1cccc(C(=O)NCC2CCCC2NC(=O)Cc2nncn2C)c1. The van der Waals surface area contributed by atoms with Crippen LogP contribution in [0.15, 0.2) is 30.6 Å². The molecule has 7 nitrogen and oxygen atoms in total. The van der Waals surface area contributed by atoms with Crippen molar-refractivity contribution in [2.75, 3.05) is 6.54 Å². The van der Waals surface area contributed by atoms with Gasteiger partial charge in [-0.05, 0) is 37.8 Å². The molecule has 1 aliphatic carbocycles. The van der Waals surface area contributed by atoms with Crippen molar-refractivity contribution in [3.8, 4) is 0 Å². The second kappa shape index (κ2) is 8.12. The Balaban J connectivity index is 1.51. The van der Waals surface area contributed by atoms with Gasteiger partial charge in [0.2, 0.25) is 5.91 Å². The van der Waals surface area contributed by atoms with Crippen LogP contribution in [-0.2, 0) is 18.3 Å². The monoisotopic (exact) mass is 355 g/mol. The first-order valence-corrected chi connectivity index (χ1v) is 9.00. The van der Waals surface area contributed by atoms with Gasteiger partial charge in [-0.2, -0.15) is 0 Å². The van der Waals surface area contributed by atoms with Crippen LogP contribution in [-0.4, -0.2) is 39.2 Å². The highest BCUT2D eigenvalue weighted by Gasteiger charge is 2.29. The van der Waals surface area contributed by atoms with Crippen molar-refractivity contribution in [2.45, 2.75) is 38.6 Å². The Labute approximate surface area is 153 Å². The number of hydrogen-bond donors (Lipinski definition) is 2. The number of carbonyl (C=O) groups excluding carboxylic acids is 2. The highest BCUT2D eigenvalue weighted by Crippen LogP contribution is 2.25. The van der Waals surface area contributed by atoms with Crippen molar-refractivity contribution in [1.82, 2.24) is 25.4 Å². The number of rotatable bonds is 6. The number of aromatic nitrogens is 3. The first-order chi connectivity index (χ1) is 12.5. The first kappa shape index (κ1) is 18.1. The number of amides is 2. The summed E-state index contributed by atoms with van der Waals surface area (Å²) in [5, 5.41) is 13.8. The average Bonchev–Trinajstić information content (AvgIpc) is 3.22. The summed E-state index contributed by atoms with van der Waals surface area (Å²) in [6, 6.07) is 7.64. The summed E-state index contributed by atoms with van der Waals surface area (Å²) in [5.74, 6) is 0.782. The topological polar surface area (TPSA) is 88.9 Å². The standard InChI is InChI=1S/C19H25N5O2/c1-13-5-3-6-14(9-13)19(26)20-11-15-7-4-8-16(15)22-18(25)10-17-23-21-12-24(17)2/h3,5-6,9,12,15-16H,4,7-8,10-11H2,1-2H3,(H,20,26)(H,22,25). The Morgan fingerprint density at radius 3 is 2.88 bits per heavy atom. The quantitative estimate of drug-likeness (QED) is 0.819. The molecule has 1 aromatic carbocycles. The molecule has 1 fully saturated rings. The second-order valence-corrected chi connectivity index (χ2v) is 6.98. The Morgan fingerprint density at radius 2 is 2.15 bits per heavy atom. The van der Waals surface area contributed by atoms with Crippen molar-refractivity contribution >= 4 is 11.8 Å². The van der Waals surface area contributed by atoms with Crippen LogP contribution in [0.2, 0.25) is 0 Å². The van der Waals surface area contributed by atoms with Crippen LogP contribution in [0.25, 0.3) is 0 Å². The maximum atomic E-state index is 12.3. The Morgan fingerprint density at radius 1 is 1.31 bits per heavy atom. The Kier molecular flexibility index (Phi) is 5.65. The Hall–Kier alpha value is -2.70. The van der Waals surface area contributed by atoms with E-state index in [-0.39, 0.29) is 30.2 Å². The molecular weight excluding hydrogens is 330 g/mol. The number of aryl methyl sites for hydroxylation is 2. The van der Waals surface area contributed by atoms with E-state index in [9.17, 15) is 9.59 Å². The average molecular weight is 355 g/mol. The second-order valence-electron chi connectivity index (χ2n) is 6.98. The molecule has 1 heterocycles. The van der Waals surface area contributed by atoms with Gasteiger partial charge >= 0.3 is 0 Å². The van der Waals surface area contributed by atoms with Crippen LogP contribution in [0.1, 0.15) is 41.0 Å². The smallest absolute Gasteiger partial charge is 0.251 e. The third-order valence-corrected chi connectivity index (χ3v) is 4.93. The van der Waals surface area contributed by atoms with Crippen LogP contribution in [0.3, 0.4) is 0 Å². The highest BCUT2D eigenvalue weighted by molar-refractivity contribution is 5.94. The van der Waals surface area contributed by atoms with E-state index in [0.29, 0.717) is 17.9 Å². The van der Waals surface area contributed by atoms with E-state index >= 15 is 0 Å². The van der Waals surface area contributed by atoms with E-state index in [1.165, 1.54) is 0 Å². The molecule has 1 aromatic heterocycles. The fourth-order valence-corrected chi connectivity index (χ4v) is 3.45. The Bertz CT molecular complexity index is 786. The molecule has 7 heteroatoms. The molecule has 2 aromatic rings. The normalized spacial score (nSPS) is 19.3. The van der Waals surface area contributed by atoms with E-state index in [1.807, 2.05) is 38.2 Å². The van der Waals surface area contributed by atoms with Crippen molar-refractivity contribution in [2.24, 2.45) is 13.0 Å². The van der Waals surface area contributed by atoms with Crippen LogP contribution < -0.4 is 10.6 Å². The molecule has 0 spiro atoms. The summed E-state index contributed by atoms with van der Waals surface area (Å²) in [5.41, 5.74) is 1.73. The molecule has 2 N–H and O–H groups in total. The van der Waals surface area contributed by atoms with Gasteiger partial charge in [0.15, 0.2) is 0 Å². The maximum Gasteiger partial charge on any atom is 0.251 e. The zero-order valence-electron chi connectivity index (χ0n) is 15.2. The molecule has 0 aliphatic heterocycles. The molecule has 1 aliphatic rings. The summed E-state index contributed by atoms with van der Waals surface area (Å²) >= 11 is 0. The predicted molar refractivity (Wildman–Crippen MR) is 97.5 cm³/mol. The zero-order chi connectivity index (χ0) is 18.5. The minimum atomic E-state index is -0.0650. The van der Waals surface area contributed by atoms with Crippen molar-refractivity contribution in [1.29, 1.82) is 0 Å². The molecule has 2 atom stereocenters. The van der Waals surface area contributed by atoms with Crippen molar-refractivity contribution < 1.29 is 9.59 Å². The molecule has 2 amide bonds. The van der Waals surface area contributed by atoms with E-state index in [1.54, 1.807) is 10.9 Å². The first-order valence-electron chi connectivity index (χ1n) is 9.00. The molecular formula is C19H25N5O2. The number of nitrogens with zero attached hydrogens (tertiary/aromatic N) is 3. The summed E-state index contributed by atoms with van der Waals surface area (Å²) in [6.45, 7) is 2.54. The van der Waals surface area contributed by atoms with Gasteiger partial charge in [0, 0.05) is 25.2 Å². The molecule has 2 unspecified atom stereocenters. The lowest BCUT2D eigenvalue weighted by Crippen LogP contribution is -2.42. The maximum absolute atomic E-state index is 12.3. The zero-order valence-corrected chi connectivity index (χ0v) is 15.2. The van der Waals surface area contributed by atoms with E-state index < -0.39 is 0 Å². The van der Waals surface area contributed by atoms with Gasteiger partial charge in [0.25, 0.3) is 5.91 Å². The molecule has 1 saturated carbocycles. The predicted octanol–water partition coefficient (Wildman–Crippen LogP) is 1.38. The third-order valence-electron chi connectivity index (χ3n) is 4.93. The fraction of sp³-hybridized carbons (Fsp3) is 0.474. The summed E-state index contributed by atoms with van der Waals surface area (Å²) in [6.07, 6.45) is 4.80. The summed E-state index contributed by atoms with van der Waals surface area (Å²) in [7, 11) is 1.82. The molecule has 0 bridgehead atoms. The lowest BCUT2D eigenvalue weighted by molar-refractivity contribution is -0.121. The van der Waals surface area contributed by atoms with Crippen LogP contribution in [0.4, 0.5) is 0 Å².